The molecular weight excluding hydrogens is 224 g/mol. The molecule has 18 heavy (non-hydrogen) atoms. The minimum absolute atomic E-state index is 0.362. The summed E-state index contributed by atoms with van der Waals surface area (Å²) < 4.78 is 5.76. The van der Waals surface area contributed by atoms with Gasteiger partial charge in [-0.25, -0.2) is 4.98 Å². The van der Waals surface area contributed by atoms with Gasteiger partial charge in [0.1, 0.15) is 5.76 Å². The number of hydrogen-bond acceptors (Lipinski definition) is 3. The van der Waals surface area contributed by atoms with E-state index >= 15 is 0 Å². The van der Waals surface area contributed by atoms with Crippen molar-refractivity contribution in [2.24, 2.45) is 5.41 Å². The normalized spacial score (nSPS) is 16.2. The Labute approximate surface area is 110 Å². The van der Waals surface area contributed by atoms with Crippen LogP contribution in [0, 0.1) is 5.41 Å². The van der Waals surface area contributed by atoms with Crippen LogP contribution in [0.15, 0.2) is 10.6 Å². The van der Waals surface area contributed by atoms with Gasteiger partial charge in [-0.3, -0.25) is 0 Å². The molecule has 0 unspecified atom stereocenters. The van der Waals surface area contributed by atoms with Crippen molar-refractivity contribution in [1.82, 2.24) is 10.3 Å². The minimum atomic E-state index is 0.362. The van der Waals surface area contributed by atoms with Crippen molar-refractivity contribution < 1.29 is 4.42 Å². The number of rotatable bonds is 7. The standard InChI is InChI=1S/C15H26N2O/c1-15(2,3)9-8-13-11-17-14(18-13)5-4-10-16-12-6-7-12/h11-12,16H,4-10H2,1-3H3. The van der Waals surface area contributed by atoms with Gasteiger partial charge in [-0.1, -0.05) is 20.8 Å². The van der Waals surface area contributed by atoms with E-state index in [0.717, 1.165) is 49.9 Å². The van der Waals surface area contributed by atoms with Gasteiger partial charge in [-0.05, 0) is 37.6 Å². The molecule has 1 N–H and O–H groups in total. The maximum atomic E-state index is 5.76. The van der Waals surface area contributed by atoms with Gasteiger partial charge in [-0.2, -0.15) is 0 Å². The highest BCUT2D eigenvalue weighted by Gasteiger charge is 2.19. The van der Waals surface area contributed by atoms with Gasteiger partial charge < -0.3 is 9.73 Å². The van der Waals surface area contributed by atoms with Gasteiger partial charge in [0.15, 0.2) is 5.89 Å². The lowest BCUT2D eigenvalue weighted by Crippen LogP contribution is -2.17. The Morgan fingerprint density at radius 3 is 2.78 bits per heavy atom. The van der Waals surface area contributed by atoms with Crippen LogP contribution >= 0.6 is 0 Å². The van der Waals surface area contributed by atoms with Crippen molar-refractivity contribution in [1.29, 1.82) is 0 Å². The molecular formula is C15H26N2O. The van der Waals surface area contributed by atoms with E-state index in [0.29, 0.717) is 5.41 Å². The highest BCUT2D eigenvalue weighted by atomic mass is 16.4. The third kappa shape index (κ3) is 5.21. The summed E-state index contributed by atoms with van der Waals surface area (Å²) in [5.41, 5.74) is 0.362. The van der Waals surface area contributed by atoms with E-state index in [1.807, 2.05) is 6.20 Å². The summed E-state index contributed by atoms with van der Waals surface area (Å²) in [5.74, 6) is 1.94. The van der Waals surface area contributed by atoms with Crippen LogP contribution in [0.5, 0.6) is 0 Å². The van der Waals surface area contributed by atoms with Gasteiger partial charge in [0.05, 0.1) is 6.20 Å². The first-order valence-corrected chi connectivity index (χ1v) is 7.20. The maximum Gasteiger partial charge on any atom is 0.194 e. The van der Waals surface area contributed by atoms with E-state index in [9.17, 15) is 0 Å². The van der Waals surface area contributed by atoms with Crippen LogP contribution in [-0.4, -0.2) is 17.6 Å². The van der Waals surface area contributed by atoms with Crippen LogP contribution in [0.1, 0.15) is 58.1 Å². The zero-order chi connectivity index (χ0) is 13.0. The summed E-state index contributed by atoms with van der Waals surface area (Å²) in [6.07, 6.45) is 8.83. The molecule has 0 radical (unpaired) electrons. The molecule has 3 nitrogen and oxygen atoms in total. The van der Waals surface area contributed by atoms with Crippen molar-refractivity contribution in [3.63, 3.8) is 0 Å². The predicted octanol–water partition coefficient (Wildman–Crippen LogP) is 3.34. The number of oxazole rings is 1. The second-order valence-electron chi connectivity index (χ2n) is 6.61. The molecule has 1 fully saturated rings. The summed E-state index contributed by atoms with van der Waals surface area (Å²) >= 11 is 0. The molecule has 1 aromatic heterocycles. The minimum Gasteiger partial charge on any atom is -0.446 e. The Morgan fingerprint density at radius 2 is 2.11 bits per heavy atom. The smallest absolute Gasteiger partial charge is 0.194 e. The van der Waals surface area contributed by atoms with Crippen LogP contribution in [0.2, 0.25) is 0 Å². The molecule has 2 rings (SSSR count). The summed E-state index contributed by atoms with van der Waals surface area (Å²) in [5, 5.41) is 3.51. The first-order chi connectivity index (χ1) is 8.53. The Morgan fingerprint density at radius 1 is 1.33 bits per heavy atom. The molecule has 0 aromatic carbocycles. The Kier molecular flexibility index (Phi) is 4.44. The van der Waals surface area contributed by atoms with Crippen LogP contribution in [0.25, 0.3) is 0 Å². The highest BCUT2D eigenvalue weighted by Crippen LogP contribution is 2.22. The summed E-state index contributed by atoms with van der Waals surface area (Å²) in [6.45, 7) is 7.86. The molecule has 1 aliphatic carbocycles. The quantitative estimate of drug-likeness (QED) is 0.754. The first-order valence-electron chi connectivity index (χ1n) is 7.20. The van der Waals surface area contributed by atoms with E-state index in [2.05, 4.69) is 31.1 Å². The van der Waals surface area contributed by atoms with Crippen LogP contribution in [0.3, 0.4) is 0 Å². The maximum absolute atomic E-state index is 5.76. The lowest BCUT2D eigenvalue weighted by Gasteiger charge is -2.16. The molecule has 0 amide bonds. The van der Waals surface area contributed by atoms with Crippen molar-refractivity contribution >= 4 is 0 Å². The van der Waals surface area contributed by atoms with Gasteiger partial charge in [0, 0.05) is 18.9 Å². The van der Waals surface area contributed by atoms with E-state index < -0.39 is 0 Å². The number of aryl methyl sites for hydroxylation is 2. The zero-order valence-corrected chi connectivity index (χ0v) is 12.0. The summed E-state index contributed by atoms with van der Waals surface area (Å²) in [6, 6.07) is 0.803. The number of nitrogens with one attached hydrogen (secondary N) is 1. The lowest BCUT2D eigenvalue weighted by atomic mass is 9.90. The first kappa shape index (κ1) is 13.6. The van der Waals surface area contributed by atoms with E-state index in [-0.39, 0.29) is 0 Å². The molecule has 0 atom stereocenters. The van der Waals surface area contributed by atoms with Crippen LogP contribution < -0.4 is 5.32 Å². The number of hydrogen-bond donors (Lipinski definition) is 1. The van der Waals surface area contributed by atoms with Crippen molar-refractivity contribution in [3.05, 3.63) is 17.8 Å². The van der Waals surface area contributed by atoms with Crippen molar-refractivity contribution in [3.8, 4) is 0 Å². The molecule has 0 spiro atoms. The third-order valence-corrected chi connectivity index (χ3v) is 3.30. The average Bonchev–Trinajstić information content (AvgIpc) is 3.00. The summed E-state index contributed by atoms with van der Waals surface area (Å²) in [7, 11) is 0. The molecule has 0 saturated heterocycles. The topological polar surface area (TPSA) is 38.1 Å². The van der Waals surface area contributed by atoms with E-state index in [1.165, 1.54) is 12.8 Å². The van der Waals surface area contributed by atoms with Crippen molar-refractivity contribution in [2.75, 3.05) is 6.54 Å². The molecule has 0 bridgehead atoms. The summed E-state index contributed by atoms with van der Waals surface area (Å²) in [4.78, 5) is 4.35. The number of nitrogens with zero attached hydrogens (tertiary/aromatic N) is 1. The molecule has 102 valence electrons. The van der Waals surface area contributed by atoms with Gasteiger partial charge in [0.25, 0.3) is 0 Å². The monoisotopic (exact) mass is 250 g/mol. The Hall–Kier alpha value is -0.830. The second kappa shape index (κ2) is 5.87. The molecule has 0 aliphatic heterocycles. The molecule has 1 heterocycles. The third-order valence-electron chi connectivity index (χ3n) is 3.30. The lowest BCUT2D eigenvalue weighted by molar-refractivity contribution is 0.353. The molecule has 1 aromatic rings. The Balaban J connectivity index is 1.65. The molecule has 3 heteroatoms. The van der Waals surface area contributed by atoms with E-state index in [1.54, 1.807) is 0 Å². The highest BCUT2D eigenvalue weighted by molar-refractivity contribution is 4.95. The second-order valence-corrected chi connectivity index (χ2v) is 6.61. The SMILES string of the molecule is CC(C)(C)CCc1cnc(CCCNC2CC2)o1. The fourth-order valence-electron chi connectivity index (χ4n) is 1.91. The van der Waals surface area contributed by atoms with E-state index in [4.69, 9.17) is 4.42 Å². The van der Waals surface area contributed by atoms with Crippen molar-refractivity contribution in [2.45, 2.75) is 65.3 Å². The molecule has 1 aliphatic rings. The fourth-order valence-corrected chi connectivity index (χ4v) is 1.91. The molecule has 1 saturated carbocycles. The van der Waals surface area contributed by atoms with Gasteiger partial charge >= 0.3 is 0 Å². The fraction of sp³-hybridized carbons (Fsp3) is 0.800. The largest absolute Gasteiger partial charge is 0.446 e. The predicted molar refractivity (Wildman–Crippen MR) is 73.6 cm³/mol. The van der Waals surface area contributed by atoms with Crippen LogP contribution in [0.4, 0.5) is 0 Å². The Bertz CT molecular complexity index is 361. The van der Waals surface area contributed by atoms with Gasteiger partial charge in [-0.15, -0.1) is 0 Å². The zero-order valence-electron chi connectivity index (χ0n) is 12.0. The number of aromatic nitrogens is 1. The van der Waals surface area contributed by atoms with Gasteiger partial charge in [0.2, 0.25) is 0 Å². The van der Waals surface area contributed by atoms with Crippen LogP contribution in [-0.2, 0) is 12.8 Å². The average molecular weight is 250 g/mol.